The smallest absolute Gasteiger partial charge is 0.338 e. The number of anilines is 1. The van der Waals surface area contributed by atoms with Gasteiger partial charge in [-0.2, -0.15) is 0 Å². The number of hydrogen-bond donors (Lipinski definition) is 2. The largest absolute Gasteiger partial charge is 0.478 e. The predicted molar refractivity (Wildman–Crippen MR) is 87.8 cm³/mol. The van der Waals surface area contributed by atoms with Crippen LogP contribution in [0.1, 0.15) is 21.5 Å². The van der Waals surface area contributed by atoms with Crippen LogP contribution < -0.4 is 4.72 Å². The van der Waals surface area contributed by atoms with Crippen LogP contribution >= 0.6 is 15.9 Å². The lowest BCUT2D eigenvalue weighted by molar-refractivity contribution is 0.0697. The van der Waals surface area contributed by atoms with E-state index in [1.54, 1.807) is 32.0 Å². The fourth-order valence-corrected chi connectivity index (χ4v) is 3.43. The zero-order valence-electron chi connectivity index (χ0n) is 11.9. The van der Waals surface area contributed by atoms with Crippen molar-refractivity contribution in [1.29, 1.82) is 0 Å². The molecule has 0 spiro atoms. The van der Waals surface area contributed by atoms with Gasteiger partial charge in [0.2, 0.25) is 0 Å². The standard InChI is InChI=1S/C15H14BrNO4S/c1-9-4-3-5-13(14(9)15(18)19)17-22(20,21)11-6-7-12(16)10(2)8-11/h3-8,17H,1-2H3,(H,18,19). The Morgan fingerprint density at radius 3 is 2.41 bits per heavy atom. The summed E-state index contributed by atoms with van der Waals surface area (Å²) in [6.07, 6.45) is 0. The Bertz CT molecular complexity index is 847. The van der Waals surface area contributed by atoms with E-state index in [2.05, 4.69) is 20.7 Å². The Kier molecular flexibility index (Phi) is 4.58. The van der Waals surface area contributed by atoms with Gasteiger partial charge in [0.05, 0.1) is 16.1 Å². The van der Waals surface area contributed by atoms with Crippen LogP contribution in [0.25, 0.3) is 0 Å². The van der Waals surface area contributed by atoms with Gasteiger partial charge in [0, 0.05) is 4.47 Å². The second-order valence-corrected chi connectivity index (χ2v) is 7.36. The molecule has 0 bridgehead atoms. The van der Waals surface area contributed by atoms with Gasteiger partial charge in [-0.25, -0.2) is 13.2 Å². The Morgan fingerprint density at radius 2 is 1.82 bits per heavy atom. The summed E-state index contributed by atoms with van der Waals surface area (Å²) in [4.78, 5) is 11.4. The first-order valence-corrected chi connectivity index (χ1v) is 8.62. The van der Waals surface area contributed by atoms with Crippen LogP contribution in [0.2, 0.25) is 0 Å². The predicted octanol–water partition coefficient (Wildman–Crippen LogP) is 3.56. The molecule has 22 heavy (non-hydrogen) atoms. The van der Waals surface area contributed by atoms with Crippen molar-refractivity contribution in [3.63, 3.8) is 0 Å². The maximum Gasteiger partial charge on any atom is 0.338 e. The molecular formula is C15H14BrNO4S. The molecule has 0 radical (unpaired) electrons. The Labute approximate surface area is 137 Å². The molecular weight excluding hydrogens is 370 g/mol. The number of sulfonamides is 1. The lowest BCUT2D eigenvalue weighted by atomic mass is 10.1. The van der Waals surface area contributed by atoms with Gasteiger partial charge in [0.15, 0.2) is 0 Å². The third-order valence-corrected chi connectivity index (χ3v) is 5.42. The molecule has 2 N–H and O–H groups in total. The quantitative estimate of drug-likeness (QED) is 0.844. The molecule has 7 heteroatoms. The highest BCUT2D eigenvalue weighted by Gasteiger charge is 2.20. The van der Waals surface area contributed by atoms with Crippen LogP contribution in [0.5, 0.6) is 0 Å². The lowest BCUT2D eigenvalue weighted by Crippen LogP contribution is -2.16. The van der Waals surface area contributed by atoms with Crippen molar-refractivity contribution in [2.45, 2.75) is 18.7 Å². The van der Waals surface area contributed by atoms with Crippen LogP contribution in [0, 0.1) is 13.8 Å². The highest BCUT2D eigenvalue weighted by Crippen LogP contribution is 2.25. The second-order valence-electron chi connectivity index (χ2n) is 4.82. The van der Waals surface area contributed by atoms with Crippen LogP contribution in [0.15, 0.2) is 45.8 Å². The Morgan fingerprint density at radius 1 is 1.14 bits per heavy atom. The summed E-state index contributed by atoms with van der Waals surface area (Å²) in [5, 5.41) is 9.25. The van der Waals surface area contributed by atoms with Gasteiger partial charge < -0.3 is 5.11 Å². The van der Waals surface area contributed by atoms with Crippen LogP contribution in [-0.4, -0.2) is 19.5 Å². The number of hydrogen-bond acceptors (Lipinski definition) is 3. The SMILES string of the molecule is Cc1cc(S(=O)(=O)Nc2cccc(C)c2C(=O)O)ccc1Br. The zero-order valence-corrected chi connectivity index (χ0v) is 14.3. The van der Waals surface area contributed by atoms with E-state index in [0.29, 0.717) is 5.56 Å². The number of carboxylic acid groups (broad SMARTS) is 1. The second kappa shape index (κ2) is 6.10. The molecule has 0 atom stereocenters. The van der Waals surface area contributed by atoms with Crippen LogP contribution in [-0.2, 0) is 10.0 Å². The number of aryl methyl sites for hydroxylation is 2. The number of halogens is 1. The van der Waals surface area contributed by atoms with E-state index in [1.807, 2.05) is 0 Å². The third-order valence-electron chi connectivity index (χ3n) is 3.17. The monoisotopic (exact) mass is 383 g/mol. The van der Waals surface area contributed by atoms with E-state index in [4.69, 9.17) is 0 Å². The minimum atomic E-state index is -3.86. The summed E-state index contributed by atoms with van der Waals surface area (Å²) in [5.74, 6) is -1.18. The maximum absolute atomic E-state index is 12.4. The van der Waals surface area contributed by atoms with Gasteiger partial charge in [-0.3, -0.25) is 4.72 Å². The Hall–Kier alpha value is -1.86. The highest BCUT2D eigenvalue weighted by molar-refractivity contribution is 9.10. The first kappa shape index (κ1) is 16.5. The van der Waals surface area contributed by atoms with Crippen molar-refractivity contribution in [3.05, 3.63) is 57.6 Å². The minimum absolute atomic E-state index is 0.0491. The number of aromatic carboxylic acids is 1. The molecule has 0 saturated heterocycles. The molecule has 0 amide bonds. The molecule has 0 aliphatic rings. The molecule has 2 rings (SSSR count). The summed E-state index contributed by atoms with van der Waals surface area (Å²) < 4.78 is 28.0. The summed E-state index contributed by atoms with van der Waals surface area (Å²) in [6, 6.07) is 9.26. The van der Waals surface area contributed by atoms with Gasteiger partial charge in [-0.05, 0) is 49.2 Å². The average molecular weight is 384 g/mol. The van der Waals surface area contributed by atoms with Crippen molar-refractivity contribution in [1.82, 2.24) is 0 Å². The van der Waals surface area contributed by atoms with Gasteiger partial charge in [0.1, 0.15) is 0 Å². The highest BCUT2D eigenvalue weighted by atomic mass is 79.9. The van der Waals surface area contributed by atoms with Gasteiger partial charge >= 0.3 is 5.97 Å². The van der Waals surface area contributed by atoms with E-state index in [0.717, 1.165) is 10.0 Å². The van der Waals surface area contributed by atoms with E-state index >= 15 is 0 Å². The molecule has 2 aromatic carbocycles. The number of rotatable bonds is 4. The third kappa shape index (κ3) is 3.31. The first-order valence-electron chi connectivity index (χ1n) is 6.34. The van der Waals surface area contributed by atoms with Crippen LogP contribution in [0.4, 0.5) is 5.69 Å². The minimum Gasteiger partial charge on any atom is -0.478 e. The molecule has 0 heterocycles. The molecule has 116 valence electrons. The van der Waals surface area contributed by atoms with Crippen LogP contribution in [0.3, 0.4) is 0 Å². The number of benzene rings is 2. The summed E-state index contributed by atoms with van der Waals surface area (Å²) in [6.45, 7) is 3.39. The van der Waals surface area contributed by atoms with Crippen molar-refractivity contribution in [2.75, 3.05) is 4.72 Å². The number of carbonyl (C=O) groups is 1. The van der Waals surface area contributed by atoms with Crippen molar-refractivity contribution in [2.24, 2.45) is 0 Å². The average Bonchev–Trinajstić information content (AvgIpc) is 2.40. The molecule has 0 saturated carbocycles. The lowest BCUT2D eigenvalue weighted by Gasteiger charge is -2.13. The zero-order chi connectivity index (χ0) is 16.5. The van der Waals surface area contributed by atoms with E-state index in [1.165, 1.54) is 18.2 Å². The van der Waals surface area contributed by atoms with Gasteiger partial charge in [-0.1, -0.05) is 28.1 Å². The fraction of sp³-hybridized carbons (Fsp3) is 0.133. The van der Waals surface area contributed by atoms with Crippen molar-refractivity contribution >= 4 is 37.6 Å². The molecule has 0 aromatic heterocycles. The summed E-state index contributed by atoms with van der Waals surface area (Å²) in [7, 11) is -3.86. The van der Waals surface area contributed by atoms with E-state index in [-0.39, 0.29) is 16.1 Å². The van der Waals surface area contributed by atoms with Gasteiger partial charge in [0.25, 0.3) is 10.0 Å². The summed E-state index contributed by atoms with van der Waals surface area (Å²) >= 11 is 3.31. The molecule has 0 unspecified atom stereocenters. The molecule has 0 aliphatic carbocycles. The number of nitrogens with one attached hydrogen (secondary N) is 1. The Balaban J connectivity index is 2.48. The molecule has 2 aromatic rings. The van der Waals surface area contributed by atoms with E-state index in [9.17, 15) is 18.3 Å². The van der Waals surface area contributed by atoms with Gasteiger partial charge in [-0.15, -0.1) is 0 Å². The fourth-order valence-electron chi connectivity index (χ4n) is 2.02. The van der Waals surface area contributed by atoms with E-state index < -0.39 is 16.0 Å². The number of carboxylic acids is 1. The molecule has 0 fully saturated rings. The summed E-state index contributed by atoms with van der Waals surface area (Å²) in [5.41, 5.74) is 1.25. The topological polar surface area (TPSA) is 83.5 Å². The molecule has 0 aliphatic heterocycles. The van der Waals surface area contributed by atoms with Crippen molar-refractivity contribution in [3.8, 4) is 0 Å². The first-order chi connectivity index (χ1) is 10.2. The molecule has 5 nitrogen and oxygen atoms in total. The van der Waals surface area contributed by atoms with Crippen molar-refractivity contribution < 1.29 is 18.3 Å². The normalized spacial score (nSPS) is 11.2. The maximum atomic E-state index is 12.4.